The number of carbonyl (C=O) groups is 1. The van der Waals surface area contributed by atoms with Gasteiger partial charge in [0.25, 0.3) is 0 Å². The largest absolute Gasteiger partial charge is 0.444 e. The standard InChI is InChI=1S/C17H24F3N3O3/c1-16(2,3)26-15(24)23(10-17(18,19)20)8-13-12(4-5-14(21)22-13)11-6-7-25-9-11/h4-5,11H,6-10H2,1-3H3,(H2,21,22). The molecular weight excluding hydrogens is 351 g/mol. The Hall–Kier alpha value is -2.03. The predicted molar refractivity (Wildman–Crippen MR) is 89.5 cm³/mol. The van der Waals surface area contributed by atoms with Gasteiger partial charge in [0.15, 0.2) is 0 Å². The Morgan fingerprint density at radius 1 is 1.38 bits per heavy atom. The molecule has 1 saturated heterocycles. The highest BCUT2D eigenvalue weighted by molar-refractivity contribution is 5.68. The summed E-state index contributed by atoms with van der Waals surface area (Å²) in [5.41, 5.74) is 5.87. The number of aromatic nitrogens is 1. The van der Waals surface area contributed by atoms with Crippen molar-refractivity contribution in [2.24, 2.45) is 0 Å². The molecule has 26 heavy (non-hydrogen) atoms. The molecule has 0 spiro atoms. The molecule has 0 bridgehead atoms. The first-order valence-corrected chi connectivity index (χ1v) is 8.32. The van der Waals surface area contributed by atoms with Crippen LogP contribution in [0.25, 0.3) is 0 Å². The molecule has 1 atom stereocenters. The summed E-state index contributed by atoms with van der Waals surface area (Å²) in [5.74, 6) is 0.197. The minimum atomic E-state index is -4.56. The first-order chi connectivity index (χ1) is 11.9. The summed E-state index contributed by atoms with van der Waals surface area (Å²) < 4.78 is 49.4. The van der Waals surface area contributed by atoms with Crippen molar-refractivity contribution in [3.05, 3.63) is 23.4 Å². The predicted octanol–water partition coefficient (Wildman–Crippen LogP) is 3.47. The number of alkyl halides is 3. The van der Waals surface area contributed by atoms with Crippen LogP contribution in [0, 0.1) is 0 Å². The highest BCUT2D eigenvalue weighted by Gasteiger charge is 2.36. The first kappa shape index (κ1) is 20.3. The van der Waals surface area contributed by atoms with Crippen molar-refractivity contribution >= 4 is 11.9 Å². The van der Waals surface area contributed by atoms with Crippen molar-refractivity contribution in [1.82, 2.24) is 9.88 Å². The molecule has 2 rings (SSSR count). The highest BCUT2D eigenvalue weighted by atomic mass is 19.4. The van der Waals surface area contributed by atoms with E-state index < -0.39 is 24.4 Å². The highest BCUT2D eigenvalue weighted by Crippen LogP contribution is 2.29. The van der Waals surface area contributed by atoms with Gasteiger partial charge in [-0.05, 0) is 38.8 Å². The lowest BCUT2D eigenvalue weighted by atomic mass is 9.96. The van der Waals surface area contributed by atoms with E-state index in [1.807, 2.05) is 0 Å². The van der Waals surface area contributed by atoms with Crippen LogP contribution in [0.1, 0.15) is 44.4 Å². The van der Waals surface area contributed by atoms with Crippen LogP contribution in [0.3, 0.4) is 0 Å². The fourth-order valence-corrected chi connectivity index (χ4v) is 2.72. The van der Waals surface area contributed by atoms with Crippen molar-refractivity contribution in [3.8, 4) is 0 Å². The number of nitrogen functional groups attached to an aromatic ring is 1. The second-order valence-electron chi connectivity index (χ2n) is 7.28. The van der Waals surface area contributed by atoms with Crippen LogP contribution >= 0.6 is 0 Å². The van der Waals surface area contributed by atoms with Gasteiger partial charge in [-0.25, -0.2) is 9.78 Å². The molecule has 6 nitrogen and oxygen atoms in total. The van der Waals surface area contributed by atoms with E-state index in [0.717, 1.165) is 12.0 Å². The lowest BCUT2D eigenvalue weighted by molar-refractivity contribution is -0.145. The number of hydrogen-bond acceptors (Lipinski definition) is 5. The third kappa shape index (κ3) is 6.05. The monoisotopic (exact) mass is 375 g/mol. The Kier molecular flexibility index (Phi) is 6.00. The number of rotatable bonds is 4. The van der Waals surface area contributed by atoms with Gasteiger partial charge in [-0.2, -0.15) is 13.2 Å². The smallest absolute Gasteiger partial charge is 0.410 e. The van der Waals surface area contributed by atoms with E-state index in [4.69, 9.17) is 15.2 Å². The number of hydrogen-bond donors (Lipinski definition) is 1. The SMILES string of the molecule is CC(C)(C)OC(=O)N(Cc1nc(N)ccc1C1CCOC1)CC(F)(F)F. The minimum Gasteiger partial charge on any atom is -0.444 e. The number of halogens is 3. The summed E-state index contributed by atoms with van der Waals surface area (Å²) in [6.07, 6.45) is -4.87. The number of amides is 1. The fourth-order valence-electron chi connectivity index (χ4n) is 2.72. The zero-order chi connectivity index (χ0) is 19.5. The van der Waals surface area contributed by atoms with Crippen LogP contribution < -0.4 is 5.73 Å². The van der Waals surface area contributed by atoms with E-state index >= 15 is 0 Å². The molecular formula is C17H24F3N3O3. The van der Waals surface area contributed by atoms with Gasteiger partial charge in [0.1, 0.15) is 18.0 Å². The van der Waals surface area contributed by atoms with Crippen molar-refractivity contribution in [1.29, 1.82) is 0 Å². The van der Waals surface area contributed by atoms with Crippen LogP contribution in [-0.2, 0) is 16.0 Å². The lowest BCUT2D eigenvalue weighted by Crippen LogP contribution is -2.42. The van der Waals surface area contributed by atoms with E-state index in [-0.39, 0.29) is 18.3 Å². The van der Waals surface area contributed by atoms with Crippen LogP contribution in [0.5, 0.6) is 0 Å². The van der Waals surface area contributed by atoms with E-state index in [1.165, 1.54) is 0 Å². The summed E-state index contributed by atoms with van der Waals surface area (Å²) in [7, 11) is 0. The maximum absolute atomic E-state index is 13.0. The van der Waals surface area contributed by atoms with E-state index in [2.05, 4.69) is 4.98 Å². The van der Waals surface area contributed by atoms with Gasteiger partial charge >= 0.3 is 12.3 Å². The molecule has 1 unspecified atom stereocenters. The quantitative estimate of drug-likeness (QED) is 0.872. The Bertz CT molecular complexity index is 638. The van der Waals surface area contributed by atoms with Gasteiger partial charge in [-0.3, -0.25) is 4.90 Å². The van der Waals surface area contributed by atoms with E-state index in [9.17, 15) is 18.0 Å². The molecule has 146 valence electrons. The fraction of sp³-hybridized carbons (Fsp3) is 0.647. The van der Waals surface area contributed by atoms with Gasteiger partial charge in [0.2, 0.25) is 0 Å². The number of carbonyl (C=O) groups excluding carboxylic acids is 1. The molecule has 1 aromatic heterocycles. The molecule has 0 aromatic carbocycles. The number of pyridine rings is 1. The molecule has 0 aliphatic carbocycles. The number of anilines is 1. The normalized spacial score (nSPS) is 18.0. The summed E-state index contributed by atoms with van der Waals surface area (Å²) in [6, 6.07) is 3.33. The van der Waals surface area contributed by atoms with Crippen LogP contribution in [0.15, 0.2) is 12.1 Å². The Morgan fingerprint density at radius 3 is 2.62 bits per heavy atom. The molecule has 0 saturated carbocycles. The minimum absolute atomic E-state index is 0.0180. The van der Waals surface area contributed by atoms with Crippen LogP contribution in [0.4, 0.5) is 23.8 Å². The lowest BCUT2D eigenvalue weighted by Gasteiger charge is -2.28. The van der Waals surface area contributed by atoms with Crippen LogP contribution in [-0.4, -0.2) is 47.5 Å². The van der Waals surface area contributed by atoms with Gasteiger partial charge in [-0.15, -0.1) is 0 Å². The third-order valence-corrected chi connectivity index (χ3v) is 3.76. The number of nitrogens with two attached hydrogens (primary N) is 1. The van der Waals surface area contributed by atoms with Crippen molar-refractivity contribution in [2.75, 3.05) is 25.5 Å². The zero-order valence-corrected chi connectivity index (χ0v) is 15.1. The molecule has 2 N–H and O–H groups in total. The van der Waals surface area contributed by atoms with Crippen molar-refractivity contribution in [2.45, 2.75) is 51.4 Å². The topological polar surface area (TPSA) is 77.7 Å². The molecule has 1 aliphatic rings. The number of ether oxygens (including phenoxy) is 2. The number of nitrogens with zero attached hydrogens (tertiary/aromatic N) is 2. The van der Waals surface area contributed by atoms with Crippen LogP contribution in [0.2, 0.25) is 0 Å². The molecule has 2 heterocycles. The van der Waals surface area contributed by atoms with Gasteiger partial charge in [0, 0.05) is 12.5 Å². The third-order valence-electron chi connectivity index (χ3n) is 3.76. The Labute approximate surface area is 150 Å². The Morgan fingerprint density at radius 2 is 2.08 bits per heavy atom. The maximum atomic E-state index is 13.0. The summed E-state index contributed by atoms with van der Waals surface area (Å²) in [5, 5.41) is 0. The van der Waals surface area contributed by atoms with Crippen molar-refractivity contribution < 1.29 is 27.4 Å². The molecule has 1 aromatic rings. The van der Waals surface area contributed by atoms with Gasteiger partial charge in [0.05, 0.1) is 18.8 Å². The maximum Gasteiger partial charge on any atom is 0.410 e. The second-order valence-corrected chi connectivity index (χ2v) is 7.28. The van der Waals surface area contributed by atoms with E-state index in [0.29, 0.717) is 23.8 Å². The molecule has 1 aliphatic heterocycles. The zero-order valence-electron chi connectivity index (χ0n) is 15.1. The summed E-state index contributed by atoms with van der Waals surface area (Å²) in [6.45, 7) is 4.05. The molecule has 1 amide bonds. The first-order valence-electron chi connectivity index (χ1n) is 8.32. The van der Waals surface area contributed by atoms with Crippen molar-refractivity contribution in [3.63, 3.8) is 0 Å². The molecule has 1 fully saturated rings. The van der Waals surface area contributed by atoms with Gasteiger partial charge < -0.3 is 15.2 Å². The summed E-state index contributed by atoms with van der Waals surface area (Å²) in [4.78, 5) is 17.1. The second kappa shape index (κ2) is 7.69. The Balaban J connectivity index is 2.29. The van der Waals surface area contributed by atoms with E-state index in [1.54, 1.807) is 32.9 Å². The average molecular weight is 375 g/mol. The average Bonchev–Trinajstić information content (AvgIpc) is 2.97. The summed E-state index contributed by atoms with van der Waals surface area (Å²) >= 11 is 0. The van der Waals surface area contributed by atoms with Gasteiger partial charge in [-0.1, -0.05) is 6.07 Å². The molecule has 0 radical (unpaired) electrons. The molecule has 9 heteroatoms.